The minimum atomic E-state index is -4.61. The largest absolute Gasteiger partial charge is 0.465 e. The number of hydrogen-bond donors (Lipinski definition) is 0. The number of halogens is 3. The van der Waals surface area contributed by atoms with Gasteiger partial charge in [-0.1, -0.05) is 23.4 Å². The molecule has 0 bridgehead atoms. The average molecular weight is 361 g/mol. The standard InChI is InChI=1S/C16H18F3NO5/c1-3-24-14(21)13(15(22)25-4-2)12(9-20-23)10-6-5-7-11(8-10)16(17,18)19/h5-8,12-13H,3-4,9H2,1-2H3. The molecule has 0 N–H and O–H groups in total. The Morgan fingerprint density at radius 2 is 1.68 bits per heavy atom. The van der Waals surface area contributed by atoms with Crippen LogP contribution in [0.3, 0.4) is 0 Å². The third-order valence-electron chi connectivity index (χ3n) is 3.40. The van der Waals surface area contributed by atoms with Crippen LogP contribution in [-0.4, -0.2) is 31.7 Å². The fourth-order valence-electron chi connectivity index (χ4n) is 2.32. The second kappa shape index (κ2) is 9.14. The van der Waals surface area contributed by atoms with E-state index in [4.69, 9.17) is 9.47 Å². The van der Waals surface area contributed by atoms with Gasteiger partial charge in [-0.15, -0.1) is 0 Å². The zero-order valence-corrected chi connectivity index (χ0v) is 13.7. The molecule has 0 amide bonds. The Balaban J connectivity index is 3.35. The van der Waals surface area contributed by atoms with Crippen LogP contribution < -0.4 is 0 Å². The summed E-state index contributed by atoms with van der Waals surface area (Å²) in [4.78, 5) is 35.0. The molecule has 0 spiro atoms. The summed E-state index contributed by atoms with van der Waals surface area (Å²) in [5.74, 6) is -4.77. The maximum Gasteiger partial charge on any atom is 0.416 e. The molecule has 0 aliphatic heterocycles. The fraction of sp³-hybridized carbons (Fsp3) is 0.500. The van der Waals surface area contributed by atoms with Crippen LogP contribution in [0.5, 0.6) is 0 Å². The molecule has 1 atom stereocenters. The summed E-state index contributed by atoms with van der Waals surface area (Å²) < 4.78 is 48.3. The summed E-state index contributed by atoms with van der Waals surface area (Å²) in [7, 11) is 0. The summed E-state index contributed by atoms with van der Waals surface area (Å²) in [6.07, 6.45) is -4.61. The lowest BCUT2D eigenvalue weighted by Gasteiger charge is -2.23. The van der Waals surface area contributed by atoms with Crippen molar-refractivity contribution in [1.82, 2.24) is 0 Å². The quantitative estimate of drug-likeness (QED) is 0.403. The first-order valence-corrected chi connectivity index (χ1v) is 7.55. The van der Waals surface area contributed by atoms with Crippen molar-refractivity contribution < 1.29 is 32.2 Å². The van der Waals surface area contributed by atoms with Gasteiger partial charge in [0.2, 0.25) is 0 Å². The van der Waals surface area contributed by atoms with Gasteiger partial charge in [-0.3, -0.25) is 9.59 Å². The Kier molecular flexibility index (Phi) is 7.53. The predicted molar refractivity (Wildman–Crippen MR) is 81.6 cm³/mol. The van der Waals surface area contributed by atoms with Gasteiger partial charge in [-0.2, -0.15) is 18.1 Å². The van der Waals surface area contributed by atoms with Gasteiger partial charge in [-0.25, -0.2) is 0 Å². The fourth-order valence-corrected chi connectivity index (χ4v) is 2.32. The van der Waals surface area contributed by atoms with Crippen molar-refractivity contribution in [3.05, 3.63) is 40.3 Å². The molecule has 1 unspecified atom stereocenters. The lowest BCUT2D eigenvalue weighted by molar-refractivity contribution is -0.162. The van der Waals surface area contributed by atoms with Crippen molar-refractivity contribution in [1.29, 1.82) is 0 Å². The van der Waals surface area contributed by atoms with Gasteiger partial charge in [0.05, 0.1) is 25.3 Å². The minimum Gasteiger partial charge on any atom is -0.465 e. The van der Waals surface area contributed by atoms with Crippen molar-refractivity contribution in [3.8, 4) is 0 Å². The van der Waals surface area contributed by atoms with E-state index in [2.05, 4.69) is 5.18 Å². The Morgan fingerprint density at radius 1 is 1.12 bits per heavy atom. The summed E-state index contributed by atoms with van der Waals surface area (Å²) >= 11 is 0. The molecule has 6 nitrogen and oxygen atoms in total. The molecule has 0 radical (unpaired) electrons. The molecule has 0 fully saturated rings. The second-order valence-electron chi connectivity index (χ2n) is 5.02. The zero-order chi connectivity index (χ0) is 19.0. The van der Waals surface area contributed by atoms with E-state index >= 15 is 0 Å². The highest BCUT2D eigenvalue weighted by atomic mass is 19.4. The summed E-state index contributed by atoms with van der Waals surface area (Å²) in [6, 6.07) is 4.04. The number of rotatable bonds is 8. The van der Waals surface area contributed by atoms with Crippen LogP contribution in [0.15, 0.2) is 29.4 Å². The van der Waals surface area contributed by atoms with Crippen molar-refractivity contribution in [3.63, 3.8) is 0 Å². The molecule has 0 saturated carbocycles. The van der Waals surface area contributed by atoms with Crippen LogP contribution in [0, 0.1) is 10.8 Å². The molecule has 138 valence electrons. The summed E-state index contributed by atoms with van der Waals surface area (Å²) in [5.41, 5.74) is -0.993. The molecule has 0 aliphatic carbocycles. The van der Waals surface area contributed by atoms with Crippen LogP contribution in [0.2, 0.25) is 0 Å². The van der Waals surface area contributed by atoms with E-state index in [1.54, 1.807) is 0 Å². The molecule has 0 heterocycles. The maximum absolute atomic E-state index is 12.9. The highest BCUT2D eigenvalue weighted by Crippen LogP contribution is 2.34. The average Bonchev–Trinajstić information content (AvgIpc) is 2.54. The number of carbonyl (C=O) groups excluding carboxylic acids is 2. The van der Waals surface area contributed by atoms with Gasteiger partial charge in [0, 0.05) is 5.92 Å². The number of hydrogen-bond acceptors (Lipinski definition) is 6. The van der Waals surface area contributed by atoms with Crippen molar-refractivity contribution >= 4 is 11.9 Å². The normalized spacial score (nSPS) is 12.6. The highest BCUT2D eigenvalue weighted by Gasteiger charge is 2.40. The first kappa shape index (κ1) is 20.6. The van der Waals surface area contributed by atoms with Crippen molar-refractivity contribution in [2.45, 2.75) is 25.9 Å². The van der Waals surface area contributed by atoms with Crippen LogP contribution in [0.1, 0.15) is 30.9 Å². The first-order valence-electron chi connectivity index (χ1n) is 7.55. The maximum atomic E-state index is 12.9. The SMILES string of the molecule is CCOC(=O)C(C(=O)OCC)C(CN=O)c1cccc(C(F)(F)F)c1. The van der Waals surface area contributed by atoms with Crippen LogP contribution in [-0.2, 0) is 25.2 Å². The summed E-state index contributed by atoms with van der Waals surface area (Å²) in [5, 5.41) is 2.66. The molecule has 1 aromatic carbocycles. The smallest absolute Gasteiger partial charge is 0.416 e. The number of carbonyl (C=O) groups is 2. The van der Waals surface area contributed by atoms with Gasteiger partial charge in [-0.05, 0) is 25.5 Å². The Hall–Kier alpha value is -2.45. The molecular formula is C16H18F3NO5. The molecule has 0 aliphatic rings. The molecule has 1 rings (SSSR count). The Morgan fingerprint density at radius 3 is 2.12 bits per heavy atom. The molecule has 25 heavy (non-hydrogen) atoms. The first-order chi connectivity index (χ1) is 11.8. The zero-order valence-electron chi connectivity index (χ0n) is 13.7. The highest BCUT2D eigenvalue weighted by molar-refractivity contribution is 5.96. The minimum absolute atomic E-state index is 0.0273. The molecule has 0 aromatic heterocycles. The second-order valence-corrected chi connectivity index (χ2v) is 5.02. The van der Waals surface area contributed by atoms with E-state index in [0.29, 0.717) is 0 Å². The Labute approximate surface area is 142 Å². The number of esters is 2. The van der Waals surface area contributed by atoms with E-state index in [1.807, 2.05) is 0 Å². The van der Waals surface area contributed by atoms with Crippen molar-refractivity contribution in [2.24, 2.45) is 11.1 Å². The summed E-state index contributed by atoms with van der Waals surface area (Å²) in [6.45, 7) is 2.36. The predicted octanol–water partition coefficient (Wildman–Crippen LogP) is 3.30. The van der Waals surface area contributed by atoms with Crippen LogP contribution in [0.4, 0.5) is 13.2 Å². The molecule has 1 aromatic rings. The van der Waals surface area contributed by atoms with Gasteiger partial charge in [0.15, 0.2) is 5.92 Å². The number of ether oxygens (including phenoxy) is 2. The third kappa shape index (κ3) is 5.54. The number of nitroso groups, excluding NO2 is 1. The molecular weight excluding hydrogens is 343 g/mol. The van der Waals surface area contributed by atoms with E-state index in [0.717, 1.165) is 18.2 Å². The van der Waals surface area contributed by atoms with E-state index in [1.165, 1.54) is 19.9 Å². The number of benzene rings is 1. The van der Waals surface area contributed by atoms with Crippen LogP contribution >= 0.6 is 0 Å². The van der Waals surface area contributed by atoms with E-state index in [-0.39, 0.29) is 18.8 Å². The monoisotopic (exact) mass is 361 g/mol. The van der Waals surface area contributed by atoms with Crippen LogP contribution in [0.25, 0.3) is 0 Å². The third-order valence-corrected chi connectivity index (χ3v) is 3.40. The van der Waals surface area contributed by atoms with E-state index < -0.39 is 42.1 Å². The topological polar surface area (TPSA) is 82.0 Å². The van der Waals surface area contributed by atoms with Gasteiger partial charge >= 0.3 is 18.1 Å². The van der Waals surface area contributed by atoms with Gasteiger partial charge in [0.1, 0.15) is 0 Å². The number of alkyl halides is 3. The lowest BCUT2D eigenvalue weighted by atomic mass is 9.85. The molecule has 0 saturated heterocycles. The van der Waals surface area contributed by atoms with Crippen molar-refractivity contribution in [2.75, 3.05) is 19.8 Å². The number of nitrogens with zero attached hydrogens (tertiary/aromatic N) is 1. The molecule has 9 heteroatoms. The Bertz CT molecular complexity index is 600. The van der Waals surface area contributed by atoms with Gasteiger partial charge in [0.25, 0.3) is 0 Å². The van der Waals surface area contributed by atoms with Gasteiger partial charge < -0.3 is 9.47 Å². The lowest BCUT2D eigenvalue weighted by Crippen LogP contribution is -2.34. The van der Waals surface area contributed by atoms with E-state index in [9.17, 15) is 27.7 Å².